The van der Waals surface area contributed by atoms with Gasteiger partial charge >= 0.3 is 6.09 Å². The van der Waals surface area contributed by atoms with E-state index in [2.05, 4.69) is 10.6 Å². The topological polar surface area (TPSA) is 111 Å². The molecule has 0 aromatic heterocycles. The number of nitrogens with zero attached hydrogens (tertiary/aromatic N) is 1. The lowest BCUT2D eigenvalue weighted by Crippen LogP contribution is -2.49. The molecule has 8 heteroatoms. The highest BCUT2D eigenvalue weighted by Crippen LogP contribution is 2.07. The highest BCUT2D eigenvalue weighted by Gasteiger charge is 2.23. The molecule has 1 aromatic rings. The molecule has 0 saturated carbocycles. The van der Waals surface area contributed by atoms with Gasteiger partial charge in [0.25, 0.3) is 0 Å². The minimum Gasteiger partial charge on any atom is -0.445 e. The molecular formula is C18H25N3O5. The molecule has 0 aliphatic heterocycles. The van der Waals surface area contributed by atoms with E-state index in [1.807, 2.05) is 44.2 Å². The number of nitrogens with one attached hydrogen (secondary N) is 2. The second kappa shape index (κ2) is 10.9. The van der Waals surface area contributed by atoms with Crippen molar-refractivity contribution in [3.63, 3.8) is 0 Å². The van der Waals surface area contributed by atoms with Crippen LogP contribution in [0.3, 0.4) is 0 Å². The largest absolute Gasteiger partial charge is 0.445 e. The number of hydrogen-bond acceptors (Lipinski definition) is 5. The van der Waals surface area contributed by atoms with E-state index < -0.39 is 29.0 Å². The minimum absolute atomic E-state index is 0.102. The Morgan fingerprint density at radius 1 is 1.19 bits per heavy atom. The molecule has 0 fully saturated rings. The lowest BCUT2D eigenvalue weighted by molar-refractivity contribution is -0.402. The van der Waals surface area contributed by atoms with Crippen LogP contribution in [0.5, 0.6) is 0 Å². The van der Waals surface area contributed by atoms with E-state index in [1.54, 1.807) is 6.92 Å². The lowest BCUT2D eigenvalue weighted by Gasteiger charge is -2.21. The van der Waals surface area contributed by atoms with Crippen LogP contribution in [0.1, 0.15) is 32.8 Å². The van der Waals surface area contributed by atoms with Gasteiger partial charge in [0.05, 0.1) is 11.0 Å². The van der Waals surface area contributed by atoms with Crippen molar-refractivity contribution in [3.05, 3.63) is 58.3 Å². The van der Waals surface area contributed by atoms with Crippen LogP contribution >= 0.6 is 0 Å². The van der Waals surface area contributed by atoms with Gasteiger partial charge in [0.1, 0.15) is 12.6 Å². The van der Waals surface area contributed by atoms with Gasteiger partial charge in [-0.1, -0.05) is 44.2 Å². The van der Waals surface area contributed by atoms with E-state index in [9.17, 15) is 19.7 Å². The van der Waals surface area contributed by atoms with Crippen LogP contribution in [0, 0.1) is 16.0 Å². The summed E-state index contributed by atoms with van der Waals surface area (Å²) in [7, 11) is 0. The summed E-state index contributed by atoms with van der Waals surface area (Å²) >= 11 is 0. The van der Waals surface area contributed by atoms with Crippen molar-refractivity contribution in [2.45, 2.75) is 45.9 Å². The highest BCUT2D eigenvalue weighted by atomic mass is 16.6. The van der Waals surface area contributed by atoms with Crippen LogP contribution in [-0.2, 0) is 16.1 Å². The SMILES string of the molecule is CC(C)CC(NC(=O)OCc1ccccc1)C(=O)NC(C)C=C[N+](=O)[O-]. The number of hydrogen-bond donors (Lipinski definition) is 2. The summed E-state index contributed by atoms with van der Waals surface area (Å²) in [5.74, 6) is -0.263. The fourth-order valence-electron chi connectivity index (χ4n) is 2.18. The first-order valence-corrected chi connectivity index (χ1v) is 8.37. The fraction of sp³-hybridized carbons (Fsp3) is 0.444. The van der Waals surface area contributed by atoms with Gasteiger partial charge < -0.3 is 15.4 Å². The first-order chi connectivity index (χ1) is 12.3. The molecule has 0 bridgehead atoms. The number of nitro groups is 1. The van der Waals surface area contributed by atoms with E-state index in [0.717, 1.165) is 11.8 Å². The molecule has 2 atom stereocenters. The van der Waals surface area contributed by atoms with Gasteiger partial charge in [-0.05, 0) is 24.8 Å². The summed E-state index contributed by atoms with van der Waals surface area (Å²) in [5.41, 5.74) is 0.839. The first kappa shape index (κ1) is 21.1. The van der Waals surface area contributed by atoms with Crippen LogP contribution in [-0.4, -0.2) is 29.0 Å². The maximum Gasteiger partial charge on any atom is 0.408 e. The zero-order valence-electron chi connectivity index (χ0n) is 15.2. The van der Waals surface area contributed by atoms with Gasteiger partial charge in [-0.15, -0.1) is 0 Å². The van der Waals surface area contributed by atoms with Gasteiger partial charge in [0, 0.05) is 6.08 Å². The molecule has 2 N–H and O–H groups in total. The third-order valence-corrected chi connectivity index (χ3v) is 3.39. The number of alkyl carbamates (subject to hydrolysis) is 1. The van der Waals surface area contributed by atoms with E-state index in [1.165, 1.54) is 6.08 Å². The summed E-state index contributed by atoms with van der Waals surface area (Å²) in [6, 6.07) is 7.87. The van der Waals surface area contributed by atoms with Crippen molar-refractivity contribution in [2.75, 3.05) is 0 Å². The summed E-state index contributed by atoms with van der Waals surface area (Å²) in [6.07, 6.45) is 1.75. The first-order valence-electron chi connectivity index (χ1n) is 8.37. The maximum atomic E-state index is 12.4. The number of ether oxygens (including phenoxy) is 1. The molecule has 8 nitrogen and oxygen atoms in total. The standard InChI is InChI=1S/C18H25N3O5/c1-13(2)11-16(17(22)19-14(3)9-10-21(24)25)20-18(23)26-12-15-7-5-4-6-8-15/h4-10,13-14,16H,11-12H2,1-3H3,(H,19,22)(H,20,23). The van der Waals surface area contributed by atoms with Crippen molar-refractivity contribution in [3.8, 4) is 0 Å². The van der Waals surface area contributed by atoms with E-state index in [4.69, 9.17) is 4.74 Å². The summed E-state index contributed by atoms with van der Waals surface area (Å²) in [6.45, 7) is 5.56. The Hall–Kier alpha value is -2.90. The Bertz CT molecular complexity index is 631. The predicted molar refractivity (Wildman–Crippen MR) is 96.7 cm³/mol. The number of benzene rings is 1. The average molecular weight is 363 g/mol. The minimum atomic E-state index is -0.787. The lowest BCUT2D eigenvalue weighted by atomic mass is 10.0. The number of rotatable bonds is 9. The van der Waals surface area contributed by atoms with Crippen molar-refractivity contribution >= 4 is 12.0 Å². The maximum absolute atomic E-state index is 12.4. The average Bonchev–Trinajstić information content (AvgIpc) is 2.58. The van der Waals surface area contributed by atoms with Crippen molar-refractivity contribution in [2.24, 2.45) is 5.92 Å². The number of carbonyl (C=O) groups excluding carboxylic acids is 2. The second-order valence-corrected chi connectivity index (χ2v) is 6.31. The predicted octanol–water partition coefficient (Wildman–Crippen LogP) is 2.62. The van der Waals surface area contributed by atoms with Gasteiger partial charge in [-0.3, -0.25) is 14.9 Å². The molecule has 1 rings (SSSR count). The highest BCUT2D eigenvalue weighted by molar-refractivity contribution is 5.85. The molecular weight excluding hydrogens is 338 g/mol. The van der Waals surface area contributed by atoms with Crippen molar-refractivity contribution < 1.29 is 19.2 Å². The summed E-state index contributed by atoms with van der Waals surface area (Å²) in [5, 5.41) is 15.5. The molecule has 1 aromatic carbocycles. The van der Waals surface area contributed by atoms with Crippen LogP contribution in [0.25, 0.3) is 0 Å². The number of carbonyl (C=O) groups is 2. The van der Waals surface area contributed by atoms with Crippen LogP contribution < -0.4 is 10.6 Å². The normalized spacial score (nSPS) is 13.2. The fourth-order valence-corrected chi connectivity index (χ4v) is 2.18. The van der Waals surface area contributed by atoms with Crippen molar-refractivity contribution in [1.29, 1.82) is 0 Å². The molecule has 2 unspecified atom stereocenters. The molecule has 2 amide bonds. The second-order valence-electron chi connectivity index (χ2n) is 6.31. The van der Waals surface area contributed by atoms with Gasteiger partial charge in [0.2, 0.25) is 12.1 Å². The monoisotopic (exact) mass is 363 g/mol. The third kappa shape index (κ3) is 8.81. The Balaban J connectivity index is 2.59. The Morgan fingerprint density at radius 3 is 2.42 bits per heavy atom. The van der Waals surface area contributed by atoms with E-state index in [-0.39, 0.29) is 12.5 Å². The van der Waals surface area contributed by atoms with E-state index in [0.29, 0.717) is 6.42 Å². The zero-order chi connectivity index (χ0) is 19.5. The summed E-state index contributed by atoms with van der Waals surface area (Å²) in [4.78, 5) is 34.1. The van der Waals surface area contributed by atoms with Crippen LogP contribution in [0.15, 0.2) is 42.6 Å². The Morgan fingerprint density at radius 2 is 1.85 bits per heavy atom. The summed E-state index contributed by atoms with van der Waals surface area (Å²) < 4.78 is 5.14. The molecule has 0 saturated heterocycles. The molecule has 0 aliphatic carbocycles. The smallest absolute Gasteiger partial charge is 0.408 e. The Kier molecular flexibility index (Phi) is 8.83. The molecule has 26 heavy (non-hydrogen) atoms. The molecule has 0 heterocycles. The van der Waals surface area contributed by atoms with Gasteiger partial charge in [-0.2, -0.15) is 0 Å². The zero-order valence-corrected chi connectivity index (χ0v) is 15.2. The molecule has 142 valence electrons. The van der Waals surface area contributed by atoms with Gasteiger partial charge in [0.15, 0.2) is 0 Å². The molecule has 0 aliphatic rings. The third-order valence-electron chi connectivity index (χ3n) is 3.39. The molecule has 0 radical (unpaired) electrons. The quantitative estimate of drug-likeness (QED) is 0.517. The van der Waals surface area contributed by atoms with Crippen LogP contribution in [0.2, 0.25) is 0 Å². The van der Waals surface area contributed by atoms with Crippen molar-refractivity contribution in [1.82, 2.24) is 10.6 Å². The van der Waals surface area contributed by atoms with Gasteiger partial charge in [-0.25, -0.2) is 4.79 Å². The molecule has 0 spiro atoms. The Labute approximate surface area is 152 Å². The van der Waals surface area contributed by atoms with Crippen LogP contribution in [0.4, 0.5) is 4.79 Å². The number of amides is 2. The van der Waals surface area contributed by atoms with E-state index >= 15 is 0 Å².